The van der Waals surface area contributed by atoms with Crippen molar-refractivity contribution in [3.05, 3.63) is 21.4 Å². The van der Waals surface area contributed by atoms with Crippen molar-refractivity contribution < 1.29 is 4.79 Å². The van der Waals surface area contributed by atoms with E-state index in [9.17, 15) is 4.79 Å². The third-order valence-electron chi connectivity index (χ3n) is 3.19. The molecule has 3 heteroatoms. The van der Waals surface area contributed by atoms with Gasteiger partial charge in [0.05, 0.1) is 0 Å². The third kappa shape index (κ3) is 2.10. The highest BCUT2D eigenvalue weighted by Gasteiger charge is 2.22. The number of hydrogen-bond donors (Lipinski definition) is 0. The highest BCUT2D eigenvalue weighted by Crippen LogP contribution is 2.35. The first-order valence-corrected chi connectivity index (χ1v) is 6.60. The Morgan fingerprint density at radius 2 is 1.94 bits per heavy atom. The molecule has 1 aromatic heterocycles. The number of hydrogen-bond acceptors (Lipinski definition) is 1. The largest absolute Gasteiger partial charge is 0.344 e. The number of rotatable bonds is 4. The zero-order valence-electron chi connectivity index (χ0n) is 10.7. The first-order chi connectivity index (χ1) is 7.45. The van der Waals surface area contributed by atoms with Gasteiger partial charge in [0.2, 0.25) is 0 Å². The Morgan fingerprint density at radius 1 is 1.38 bits per heavy atom. The lowest BCUT2D eigenvalue weighted by molar-refractivity contribution is 0.112. The average molecular weight is 286 g/mol. The predicted molar refractivity (Wildman–Crippen MR) is 71.3 cm³/mol. The van der Waals surface area contributed by atoms with Gasteiger partial charge in [-0.3, -0.25) is 4.79 Å². The first-order valence-electron chi connectivity index (χ1n) is 5.80. The molecule has 1 unspecified atom stereocenters. The average Bonchev–Trinajstić information content (AvgIpc) is 2.49. The summed E-state index contributed by atoms with van der Waals surface area (Å²) >= 11 is 3.57. The standard InChI is InChI=1S/C13H20BrNO/c1-6-9(4)13-12(14)11(7-16)10(5)15(13)8(2)3/h7-9H,6H2,1-5H3. The molecular formula is C13H20BrNO. The number of carbonyl (C=O) groups excluding carboxylic acids is 1. The van der Waals surface area contributed by atoms with Gasteiger partial charge < -0.3 is 4.57 Å². The Morgan fingerprint density at radius 3 is 2.31 bits per heavy atom. The fourth-order valence-corrected chi connectivity index (χ4v) is 3.12. The molecule has 1 heterocycles. The lowest BCUT2D eigenvalue weighted by Crippen LogP contribution is -2.10. The number of halogens is 1. The van der Waals surface area contributed by atoms with E-state index in [2.05, 4.69) is 48.2 Å². The number of carbonyl (C=O) groups is 1. The molecule has 2 nitrogen and oxygen atoms in total. The topological polar surface area (TPSA) is 22.0 Å². The van der Waals surface area contributed by atoms with Crippen LogP contribution in [0.15, 0.2) is 4.47 Å². The molecule has 1 atom stereocenters. The molecule has 0 aliphatic rings. The predicted octanol–water partition coefficient (Wildman–Crippen LogP) is 4.47. The van der Waals surface area contributed by atoms with Crippen LogP contribution in [0.5, 0.6) is 0 Å². The van der Waals surface area contributed by atoms with Gasteiger partial charge in [-0.1, -0.05) is 13.8 Å². The summed E-state index contributed by atoms with van der Waals surface area (Å²) in [6.45, 7) is 10.7. The summed E-state index contributed by atoms with van der Waals surface area (Å²) in [6.07, 6.45) is 2.03. The van der Waals surface area contributed by atoms with Crippen molar-refractivity contribution in [3.8, 4) is 0 Å². The summed E-state index contributed by atoms with van der Waals surface area (Å²) in [6, 6.07) is 0.383. The Labute approximate surface area is 106 Å². The van der Waals surface area contributed by atoms with Crippen LogP contribution in [0.1, 0.15) is 67.8 Å². The van der Waals surface area contributed by atoms with E-state index in [0.717, 1.165) is 28.4 Å². The van der Waals surface area contributed by atoms with Gasteiger partial charge in [-0.2, -0.15) is 0 Å². The van der Waals surface area contributed by atoms with Gasteiger partial charge in [0.1, 0.15) is 0 Å². The molecule has 0 aromatic carbocycles. The van der Waals surface area contributed by atoms with Crippen LogP contribution >= 0.6 is 15.9 Å². The first kappa shape index (κ1) is 13.5. The SMILES string of the molecule is CCC(C)c1c(Br)c(C=O)c(C)n1C(C)C. The van der Waals surface area contributed by atoms with E-state index in [1.165, 1.54) is 5.69 Å². The molecule has 1 aromatic rings. The summed E-state index contributed by atoms with van der Waals surface area (Å²) < 4.78 is 3.24. The fraction of sp³-hybridized carbons (Fsp3) is 0.615. The molecule has 1 rings (SSSR count). The molecule has 0 aliphatic heterocycles. The van der Waals surface area contributed by atoms with E-state index >= 15 is 0 Å². The smallest absolute Gasteiger partial charge is 0.153 e. The summed E-state index contributed by atoms with van der Waals surface area (Å²) in [5.41, 5.74) is 3.10. The van der Waals surface area contributed by atoms with Crippen LogP contribution in [0.25, 0.3) is 0 Å². The van der Waals surface area contributed by atoms with Crippen molar-refractivity contribution in [2.45, 2.75) is 53.0 Å². The number of nitrogens with zero attached hydrogens (tertiary/aromatic N) is 1. The quantitative estimate of drug-likeness (QED) is 0.749. The van der Waals surface area contributed by atoms with Crippen LogP contribution in [0.4, 0.5) is 0 Å². The molecule has 90 valence electrons. The highest BCUT2D eigenvalue weighted by molar-refractivity contribution is 9.10. The van der Waals surface area contributed by atoms with Crippen LogP contribution in [-0.2, 0) is 0 Å². The molecule has 0 saturated heterocycles. The summed E-state index contributed by atoms with van der Waals surface area (Å²) in [4.78, 5) is 11.1. The molecule has 0 aliphatic carbocycles. The van der Waals surface area contributed by atoms with Gasteiger partial charge >= 0.3 is 0 Å². The highest BCUT2D eigenvalue weighted by atomic mass is 79.9. The summed E-state index contributed by atoms with van der Waals surface area (Å²) in [5.74, 6) is 0.462. The summed E-state index contributed by atoms with van der Waals surface area (Å²) in [7, 11) is 0. The summed E-state index contributed by atoms with van der Waals surface area (Å²) in [5, 5.41) is 0. The fourth-order valence-electron chi connectivity index (χ4n) is 2.16. The van der Waals surface area contributed by atoms with Crippen LogP contribution < -0.4 is 0 Å². The molecule has 0 N–H and O–H groups in total. The van der Waals surface area contributed by atoms with E-state index in [1.807, 2.05) is 6.92 Å². The minimum absolute atomic E-state index is 0.383. The zero-order chi connectivity index (χ0) is 12.5. The van der Waals surface area contributed by atoms with Crippen molar-refractivity contribution in [2.24, 2.45) is 0 Å². The Kier molecular flexibility index (Phi) is 4.36. The molecule has 0 bridgehead atoms. The van der Waals surface area contributed by atoms with E-state index < -0.39 is 0 Å². The van der Waals surface area contributed by atoms with Gasteiger partial charge in [-0.05, 0) is 49.0 Å². The van der Waals surface area contributed by atoms with E-state index in [-0.39, 0.29) is 0 Å². The molecule has 0 saturated carbocycles. The lowest BCUT2D eigenvalue weighted by Gasteiger charge is -2.19. The zero-order valence-corrected chi connectivity index (χ0v) is 12.3. The number of aldehydes is 1. The second-order valence-electron chi connectivity index (χ2n) is 4.59. The molecule has 0 spiro atoms. The minimum atomic E-state index is 0.383. The van der Waals surface area contributed by atoms with Gasteiger partial charge in [-0.25, -0.2) is 0 Å². The van der Waals surface area contributed by atoms with Gasteiger partial charge in [0.15, 0.2) is 6.29 Å². The minimum Gasteiger partial charge on any atom is -0.344 e. The lowest BCUT2D eigenvalue weighted by atomic mass is 10.0. The van der Waals surface area contributed by atoms with Gasteiger partial charge in [-0.15, -0.1) is 0 Å². The second kappa shape index (κ2) is 5.17. The van der Waals surface area contributed by atoms with Crippen molar-refractivity contribution in [1.82, 2.24) is 4.57 Å². The Hall–Kier alpha value is -0.570. The molecule has 16 heavy (non-hydrogen) atoms. The Balaban J connectivity index is 3.50. The van der Waals surface area contributed by atoms with E-state index in [0.29, 0.717) is 12.0 Å². The molecule has 0 amide bonds. The Bertz CT molecular complexity index is 393. The third-order valence-corrected chi connectivity index (χ3v) is 4.02. The van der Waals surface area contributed by atoms with E-state index in [1.54, 1.807) is 0 Å². The molecule has 0 fully saturated rings. The van der Waals surface area contributed by atoms with Crippen LogP contribution in [0.2, 0.25) is 0 Å². The second-order valence-corrected chi connectivity index (χ2v) is 5.38. The van der Waals surface area contributed by atoms with Gasteiger partial charge in [0, 0.05) is 27.5 Å². The maximum atomic E-state index is 11.1. The number of aromatic nitrogens is 1. The van der Waals surface area contributed by atoms with Gasteiger partial charge in [0.25, 0.3) is 0 Å². The molecular weight excluding hydrogens is 266 g/mol. The van der Waals surface area contributed by atoms with E-state index in [4.69, 9.17) is 0 Å². The van der Waals surface area contributed by atoms with Crippen LogP contribution in [0.3, 0.4) is 0 Å². The van der Waals surface area contributed by atoms with Crippen molar-refractivity contribution in [2.75, 3.05) is 0 Å². The van der Waals surface area contributed by atoms with Crippen molar-refractivity contribution >= 4 is 22.2 Å². The maximum absolute atomic E-state index is 11.1. The van der Waals surface area contributed by atoms with Crippen LogP contribution in [0, 0.1) is 6.92 Å². The van der Waals surface area contributed by atoms with Crippen molar-refractivity contribution in [3.63, 3.8) is 0 Å². The maximum Gasteiger partial charge on any atom is 0.153 e. The van der Waals surface area contributed by atoms with Crippen molar-refractivity contribution in [1.29, 1.82) is 0 Å². The monoisotopic (exact) mass is 285 g/mol. The van der Waals surface area contributed by atoms with Crippen LogP contribution in [-0.4, -0.2) is 10.9 Å². The normalized spacial score (nSPS) is 13.2. The molecule has 0 radical (unpaired) electrons.